The van der Waals surface area contributed by atoms with Crippen molar-refractivity contribution in [3.05, 3.63) is 42.9 Å². The van der Waals surface area contributed by atoms with Crippen LogP contribution < -0.4 is 0 Å². The minimum atomic E-state index is -3.56. The minimum absolute atomic E-state index is 0.0476. The number of aryl methyl sites for hydroxylation is 1. The van der Waals surface area contributed by atoms with Crippen LogP contribution in [0, 0.1) is 0 Å². The standard InChI is InChI=1S/C14H14N6O3S/c1-19-8-12(16-9-19)24(21,22)20-6-11(7-20)14-17-13(18-23-14)10-2-4-15-5-3-10/h2-5,8-9,11H,6-7H2,1H3. The Balaban J connectivity index is 1.47. The zero-order valence-corrected chi connectivity index (χ0v) is 13.6. The van der Waals surface area contributed by atoms with E-state index in [4.69, 9.17) is 4.52 Å². The number of aromatic nitrogens is 5. The third kappa shape index (κ3) is 2.49. The fraction of sp³-hybridized carbons (Fsp3) is 0.286. The number of hydrogen-bond acceptors (Lipinski definition) is 7. The first-order valence-electron chi connectivity index (χ1n) is 7.26. The van der Waals surface area contributed by atoms with E-state index in [1.165, 1.54) is 16.8 Å². The van der Waals surface area contributed by atoms with Gasteiger partial charge in [0.25, 0.3) is 10.0 Å². The molecule has 0 unspecified atom stereocenters. The Morgan fingerprint density at radius 1 is 1.25 bits per heavy atom. The normalized spacial score (nSPS) is 16.2. The van der Waals surface area contributed by atoms with Gasteiger partial charge in [0.15, 0.2) is 5.03 Å². The first-order chi connectivity index (χ1) is 11.5. The quantitative estimate of drug-likeness (QED) is 0.682. The van der Waals surface area contributed by atoms with E-state index in [9.17, 15) is 8.42 Å². The van der Waals surface area contributed by atoms with Crippen molar-refractivity contribution in [2.24, 2.45) is 7.05 Å². The van der Waals surface area contributed by atoms with Gasteiger partial charge in [0.1, 0.15) is 0 Å². The van der Waals surface area contributed by atoms with Gasteiger partial charge in [0.2, 0.25) is 11.7 Å². The molecule has 0 aliphatic carbocycles. The lowest BCUT2D eigenvalue weighted by Crippen LogP contribution is -2.48. The molecule has 0 N–H and O–H groups in total. The lowest BCUT2D eigenvalue weighted by Gasteiger charge is -2.35. The van der Waals surface area contributed by atoms with Gasteiger partial charge in [-0.25, -0.2) is 13.4 Å². The van der Waals surface area contributed by atoms with E-state index < -0.39 is 10.0 Å². The molecule has 0 spiro atoms. The molecule has 24 heavy (non-hydrogen) atoms. The maximum absolute atomic E-state index is 12.4. The molecule has 0 amide bonds. The maximum atomic E-state index is 12.4. The number of imidazole rings is 1. The fourth-order valence-corrected chi connectivity index (χ4v) is 3.96. The Hall–Kier alpha value is -2.59. The van der Waals surface area contributed by atoms with Gasteiger partial charge in [-0.1, -0.05) is 5.16 Å². The first kappa shape index (κ1) is 15.0. The molecule has 1 aliphatic heterocycles. The van der Waals surface area contributed by atoms with Gasteiger partial charge in [-0.3, -0.25) is 4.98 Å². The van der Waals surface area contributed by atoms with Crippen molar-refractivity contribution in [1.82, 2.24) is 29.0 Å². The summed E-state index contributed by atoms with van der Waals surface area (Å²) in [5, 5.41) is 3.99. The van der Waals surface area contributed by atoms with Crippen molar-refractivity contribution < 1.29 is 12.9 Å². The van der Waals surface area contributed by atoms with Crippen LogP contribution in [0.5, 0.6) is 0 Å². The topological polar surface area (TPSA) is 107 Å². The smallest absolute Gasteiger partial charge is 0.262 e. The molecule has 1 saturated heterocycles. The van der Waals surface area contributed by atoms with Crippen molar-refractivity contribution in [2.45, 2.75) is 10.9 Å². The molecular weight excluding hydrogens is 332 g/mol. The number of hydrogen-bond donors (Lipinski definition) is 0. The van der Waals surface area contributed by atoms with Crippen LogP contribution in [0.15, 0.2) is 46.6 Å². The lowest BCUT2D eigenvalue weighted by molar-refractivity contribution is 0.216. The van der Waals surface area contributed by atoms with Crippen LogP contribution in [0.2, 0.25) is 0 Å². The third-order valence-electron chi connectivity index (χ3n) is 3.86. The molecule has 0 bridgehead atoms. The van der Waals surface area contributed by atoms with Crippen molar-refractivity contribution >= 4 is 10.0 Å². The van der Waals surface area contributed by atoms with Crippen molar-refractivity contribution in [1.29, 1.82) is 0 Å². The number of rotatable bonds is 4. The Bertz CT molecular complexity index is 959. The molecule has 124 valence electrons. The summed E-state index contributed by atoms with van der Waals surface area (Å²) in [6, 6.07) is 3.57. The molecule has 4 heterocycles. The van der Waals surface area contributed by atoms with Crippen molar-refractivity contribution in [2.75, 3.05) is 13.1 Å². The summed E-state index contributed by atoms with van der Waals surface area (Å²) >= 11 is 0. The van der Waals surface area contributed by atoms with Crippen LogP contribution in [0.1, 0.15) is 11.8 Å². The van der Waals surface area contributed by atoms with Gasteiger partial charge in [0, 0.05) is 44.3 Å². The Morgan fingerprint density at radius 3 is 2.67 bits per heavy atom. The highest BCUT2D eigenvalue weighted by Crippen LogP contribution is 2.31. The largest absolute Gasteiger partial charge is 0.339 e. The third-order valence-corrected chi connectivity index (χ3v) is 5.58. The summed E-state index contributed by atoms with van der Waals surface area (Å²) in [5.41, 5.74) is 0.803. The van der Waals surface area contributed by atoms with Crippen molar-refractivity contribution in [3.63, 3.8) is 0 Å². The van der Waals surface area contributed by atoms with Crippen LogP contribution in [-0.4, -0.2) is 50.5 Å². The lowest BCUT2D eigenvalue weighted by atomic mass is 10.0. The van der Waals surface area contributed by atoms with Crippen molar-refractivity contribution in [3.8, 4) is 11.4 Å². The molecular formula is C14H14N6O3S. The fourth-order valence-electron chi connectivity index (χ4n) is 2.46. The zero-order chi connectivity index (χ0) is 16.7. The van der Waals surface area contributed by atoms with Crippen LogP contribution in [0.3, 0.4) is 0 Å². The van der Waals surface area contributed by atoms with E-state index in [1.807, 2.05) is 0 Å². The predicted octanol–water partition coefficient (Wildman–Crippen LogP) is 0.653. The van der Waals surface area contributed by atoms with Crippen LogP contribution in [0.4, 0.5) is 0 Å². The summed E-state index contributed by atoms with van der Waals surface area (Å²) in [5.74, 6) is 0.805. The highest BCUT2D eigenvalue weighted by molar-refractivity contribution is 7.89. The second-order valence-corrected chi connectivity index (χ2v) is 7.47. The monoisotopic (exact) mass is 346 g/mol. The van der Waals surface area contributed by atoms with Gasteiger partial charge in [0.05, 0.1) is 12.2 Å². The van der Waals surface area contributed by atoms with Gasteiger partial charge < -0.3 is 9.09 Å². The molecule has 9 nitrogen and oxygen atoms in total. The first-order valence-corrected chi connectivity index (χ1v) is 8.70. The highest BCUT2D eigenvalue weighted by Gasteiger charge is 2.41. The SMILES string of the molecule is Cn1cnc(S(=O)(=O)N2CC(c3nc(-c4ccncc4)no3)C2)c1. The van der Waals surface area contributed by atoms with Gasteiger partial charge in [-0.2, -0.15) is 9.29 Å². The molecule has 0 atom stereocenters. The Labute approximate surface area is 138 Å². The average molecular weight is 346 g/mol. The predicted molar refractivity (Wildman–Crippen MR) is 82.2 cm³/mol. The number of nitrogens with zero attached hydrogens (tertiary/aromatic N) is 6. The summed E-state index contributed by atoms with van der Waals surface area (Å²) in [4.78, 5) is 12.2. The average Bonchev–Trinajstić information content (AvgIpc) is 3.16. The summed E-state index contributed by atoms with van der Waals surface area (Å²) in [7, 11) is -1.84. The van der Waals surface area contributed by atoms with Crippen LogP contribution in [-0.2, 0) is 17.1 Å². The van der Waals surface area contributed by atoms with Crippen LogP contribution >= 0.6 is 0 Å². The van der Waals surface area contributed by atoms with E-state index in [1.54, 1.807) is 36.1 Å². The second kappa shape index (κ2) is 5.49. The molecule has 0 aromatic carbocycles. The van der Waals surface area contributed by atoms with E-state index in [-0.39, 0.29) is 10.9 Å². The molecule has 3 aromatic heterocycles. The molecule has 4 rings (SSSR count). The summed E-state index contributed by atoms with van der Waals surface area (Å²) < 4.78 is 33.0. The van der Waals surface area contributed by atoms with Gasteiger partial charge in [-0.05, 0) is 12.1 Å². The second-order valence-electron chi connectivity index (χ2n) is 5.59. The highest BCUT2D eigenvalue weighted by atomic mass is 32.2. The molecule has 0 saturated carbocycles. The maximum Gasteiger partial charge on any atom is 0.262 e. The summed E-state index contributed by atoms with van der Waals surface area (Å²) in [6.07, 6.45) is 6.24. The molecule has 3 aromatic rings. The van der Waals surface area contributed by atoms with Gasteiger partial charge >= 0.3 is 0 Å². The zero-order valence-electron chi connectivity index (χ0n) is 12.8. The van der Waals surface area contributed by atoms with E-state index in [2.05, 4.69) is 20.1 Å². The number of sulfonamides is 1. The molecule has 0 radical (unpaired) electrons. The van der Waals surface area contributed by atoms with E-state index in [0.717, 1.165) is 5.56 Å². The molecule has 1 fully saturated rings. The van der Waals surface area contributed by atoms with Gasteiger partial charge in [-0.15, -0.1) is 0 Å². The molecule has 1 aliphatic rings. The Kier molecular flexibility index (Phi) is 3.43. The Morgan fingerprint density at radius 2 is 2.00 bits per heavy atom. The van der Waals surface area contributed by atoms with E-state index >= 15 is 0 Å². The molecule has 10 heteroatoms. The number of pyridine rings is 1. The minimum Gasteiger partial charge on any atom is -0.339 e. The summed E-state index contributed by atoms with van der Waals surface area (Å²) in [6.45, 7) is 0.605. The van der Waals surface area contributed by atoms with E-state index in [0.29, 0.717) is 24.8 Å². The van der Waals surface area contributed by atoms with Crippen LogP contribution in [0.25, 0.3) is 11.4 Å².